The molecule has 37 heavy (non-hydrogen) atoms. The monoisotopic (exact) mass is 513 g/mol. The molecule has 0 saturated heterocycles. The highest BCUT2D eigenvalue weighted by Gasteiger charge is 2.52. The molecule has 2 fully saturated rings. The number of amides is 1. The number of hydrogen-bond donors (Lipinski definition) is 3. The number of methoxy groups -OCH3 is 1. The Kier molecular flexibility index (Phi) is 7.72. The van der Waals surface area contributed by atoms with Gasteiger partial charge in [0, 0.05) is 18.2 Å². The van der Waals surface area contributed by atoms with E-state index in [-0.39, 0.29) is 24.5 Å². The normalized spacial score (nSPS) is 20.3. The van der Waals surface area contributed by atoms with Crippen molar-refractivity contribution in [3.63, 3.8) is 0 Å². The lowest BCUT2D eigenvalue weighted by Gasteiger charge is -2.43. The standard InChI is InChI=1S/C29H37F2N3O3/c1-36-21-12-14-22(15-13-21)37-18-29(33-25-16-23(30)24(31)17-26(25)34-29)27(19-8-4-2-5-9-19)28(35)32-20-10-6-3-7-11-20/h12-17,19-20,27,33-34H,2-11,18H2,1H3,(H,32,35). The van der Waals surface area contributed by atoms with E-state index in [1.165, 1.54) is 6.42 Å². The zero-order valence-electron chi connectivity index (χ0n) is 21.5. The maximum Gasteiger partial charge on any atom is 0.228 e. The van der Waals surface area contributed by atoms with Crippen molar-refractivity contribution in [1.29, 1.82) is 0 Å². The Morgan fingerprint density at radius 2 is 1.46 bits per heavy atom. The minimum atomic E-state index is -1.07. The van der Waals surface area contributed by atoms with Crippen LogP contribution in [-0.4, -0.2) is 31.3 Å². The third-order valence-electron chi connectivity index (χ3n) is 8.19. The SMILES string of the molecule is COc1ccc(OCC2(C(C(=O)NC3CCCCC3)C3CCCCC3)Nc3cc(F)c(F)cc3N2)cc1. The van der Waals surface area contributed by atoms with Gasteiger partial charge in [0.25, 0.3) is 0 Å². The van der Waals surface area contributed by atoms with Gasteiger partial charge in [0.2, 0.25) is 5.91 Å². The zero-order chi connectivity index (χ0) is 25.8. The minimum absolute atomic E-state index is 0.0223. The zero-order valence-corrected chi connectivity index (χ0v) is 21.5. The Balaban J connectivity index is 1.48. The number of hydrogen-bond acceptors (Lipinski definition) is 5. The van der Waals surface area contributed by atoms with E-state index in [0.29, 0.717) is 22.9 Å². The van der Waals surface area contributed by atoms with Crippen molar-refractivity contribution in [3.05, 3.63) is 48.0 Å². The lowest BCUT2D eigenvalue weighted by atomic mass is 9.73. The fraction of sp³-hybridized carbons (Fsp3) is 0.552. The van der Waals surface area contributed by atoms with Gasteiger partial charge in [-0.15, -0.1) is 0 Å². The Morgan fingerprint density at radius 1 is 0.919 bits per heavy atom. The van der Waals surface area contributed by atoms with Gasteiger partial charge in [-0.1, -0.05) is 38.5 Å². The van der Waals surface area contributed by atoms with Crippen molar-refractivity contribution in [3.8, 4) is 11.5 Å². The van der Waals surface area contributed by atoms with Gasteiger partial charge in [-0.05, 0) is 55.9 Å². The van der Waals surface area contributed by atoms with E-state index in [1.54, 1.807) is 7.11 Å². The van der Waals surface area contributed by atoms with E-state index in [2.05, 4.69) is 16.0 Å². The smallest absolute Gasteiger partial charge is 0.228 e. The largest absolute Gasteiger partial charge is 0.497 e. The van der Waals surface area contributed by atoms with Crippen LogP contribution in [0.4, 0.5) is 20.2 Å². The molecule has 2 aromatic rings. The van der Waals surface area contributed by atoms with Gasteiger partial charge in [-0.25, -0.2) is 8.78 Å². The van der Waals surface area contributed by atoms with Crippen LogP contribution in [0, 0.1) is 23.5 Å². The highest BCUT2D eigenvalue weighted by atomic mass is 19.2. The van der Waals surface area contributed by atoms with Crippen molar-refractivity contribution in [2.45, 2.75) is 75.9 Å². The number of carbonyl (C=O) groups is 1. The molecule has 2 aliphatic carbocycles. The number of ether oxygens (including phenoxy) is 2. The van der Waals surface area contributed by atoms with E-state index < -0.39 is 23.2 Å². The van der Waals surface area contributed by atoms with E-state index in [4.69, 9.17) is 9.47 Å². The highest BCUT2D eigenvalue weighted by Crippen LogP contribution is 2.45. The first kappa shape index (κ1) is 25.6. The molecule has 1 amide bonds. The Morgan fingerprint density at radius 3 is 2.03 bits per heavy atom. The molecule has 1 unspecified atom stereocenters. The number of halogens is 2. The van der Waals surface area contributed by atoms with Crippen molar-refractivity contribution < 1.29 is 23.0 Å². The molecule has 8 heteroatoms. The average Bonchev–Trinajstić information content (AvgIpc) is 3.27. The van der Waals surface area contributed by atoms with Gasteiger partial charge >= 0.3 is 0 Å². The summed E-state index contributed by atoms with van der Waals surface area (Å²) in [5.41, 5.74) is -0.199. The summed E-state index contributed by atoms with van der Waals surface area (Å²) in [6.45, 7) is 0.0938. The third-order valence-corrected chi connectivity index (χ3v) is 8.19. The van der Waals surface area contributed by atoms with Crippen molar-refractivity contribution >= 4 is 17.3 Å². The second-order valence-electron chi connectivity index (χ2n) is 10.7. The lowest BCUT2D eigenvalue weighted by Crippen LogP contribution is -2.61. The summed E-state index contributed by atoms with van der Waals surface area (Å²) >= 11 is 0. The lowest BCUT2D eigenvalue weighted by molar-refractivity contribution is -0.130. The second-order valence-corrected chi connectivity index (χ2v) is 10.7. The maximum absolute atomic E-state index is 14.2. The Labute approximate surface area is 217 Å². The molecule has 0 aromatic heterocycles. The van der Waals surface area contributed by atoms with Gasteiger partial charge < -0.3 is 25.4 Å². The van der Waals surface area contributed by atoms with Gasteiger partial charge in [0.1, 0.15) is 18.1 Å². The second kappa shape index (κ2) is 11.2. The van der Waals surface area contributed by atoms with E-state index in [0.717, 1.165) is 69.9 Å². The molecule has 3 aliphatic rings. The van der Waals surface area contributed by atoms with Crippen LogP contribution >= 0.6 is 0 Å². The van der Waals surface area contributed by atoms with E-state index in [1.807, 2.05) is 24.3 Å². The summed E-state index contributed by atoms with van der Waals surface area (Å²) in [4.78, 5) is 14.1. The van der Waals surface area contributed by atoms with Crippen LogP contribution in [-0.2, 0) is 4.79 Å². The first-order valence-corrected chi connectivity index (χ1v) is 13.6. The first-order chi connectivity index (χ1) is 18.0. The van der Waals surface area contributed by atoms with Crippen LogP contribution in [0.2, 0.25) is 0 Å². The quantitative estimate of drug-likeness (QED) is 0.390. The molecule has 6 nitrogen and oxygen atoms in total. The third kappa shape index (κ3) is 5.63. The molecule has 3 N–H and O–H groups in total. The number of fused-ring (bicyclic) bond motifs is 1. The number of rotatable bonds is 8. The Hall–Kier alpha value is -3.03. The topological polar surface area (TPSA) is 71.6 Å². The molecule has 1 heterocycles. The van der Waals surface area contributed by atoms with Gasteiger partial charge in [0.05, 0.1) is 24.4 Å². The molecular formula is C29H37F2N3O3. The number of carbonyl (C=O) groups excluding carboxylic acids is 1. The molecule has 0 bridgehead atoms. The summed E-state index contributed by atoms with van der Waals surface area (Å²) in [6.07, 6.45) is 10.5. The minimum Gasteiger partial charge on any atom is -0.497 e. The molecule has 0 spiro atoms. The predicted molar refractivity (Wildman–Crippen MR) is 140 cm³/mol. The molecule has 1 aliphatic heterocycles. The fourth-order valence-corrected chi connectivity index (χ4v) is 6.30. The molecule has 2 aromatic carbocycles. The van der Waals surface area contributed by atoms with Crippen molar-refractivity contribution in [1.82, 2.24) is 5.32 Å². The number of benzene rings is 2. The van der Waals surface area contributed by atoms with Gasteiger partial charge in [0.15, 0.2) is 17.3 Å². The summed E-state index contributed by atoms with van der Waals surface area (Å²) < 4.78 is 39.9. The molecule has 200 valence electrons. The molecular weight excluding hydrogens is 476 g/mol. The molecule has 0 radical (unpaired) electrons. The average molecular weight is 514 g/mol. The Bertz CT molecular complexity index is 1050. The van der Waals surface area contributed by atoms with E-state index in [9.17, 15) is 13.6 Å². The van der Waals surface area contributed by atoms with Crippen molar-refractivity contribution in [2.24, 2.45) is 11.8 Å². The van der Waals surface area contributed by atoms with Crippen LogP contribution in [0.1, 0.15) is 64.2 Å². The van der Waals surface area contributed by atoms with Gasteiger partial charge in [-0.2, -0.15) is 0 Å². The summed E-state index contributed by atoms with van der Waals surface area (Å²) in [5, 5.41) is 10.1. The predicted octanol–water partition coefficient (Wildman–Crippen LogP) is 6.23. The summed E-state index contributed by atoms with van der Waals surface area (Å²) in [7, 11) is 1.60. The first-order valence-electron chi connectivity index (χ1n) is 13.6. The van der Waals surface area contributed by atoms with Crippen LogP contribution < -0.4 is 25.4 Å². The van der Waals surface area contributed by atoms with Crippen molar-refractivity contribution in [2.75, 3.05) is 24.4 Å². The van der Waals surface area contributed by atoms with Gasteiger partial charge in [-0.3, -0.25) is 4.79 Å². The van der Waals surface area contributed by atoms with E-state index >= 15 is 0 Å². The molecule has 1 atom stereocenters. The summed E-state index contributed by atoms with van der Waals surface area (Å²) in [5.74, 6) is -0.934. The number of anilines is 2. The molecule has 5 rings (SSSR count). The fourth-order valence-electron chi connectivity index (χ4n) is 6.30. The maximum atomic E-state index is 14.2. The van der Waals surface area contributed by atoms with Crippen LogP contribution in [0.25, 0.3) is 0 Å². The molecule has 2 saturated carbocycles. The highest BCUT2D eigenvalue weighted by molar-refractivity contribution is 5.86. The van der Waals surface area contributed by atoms with Crippen LogP contribution in [0.3, 0.4) is 0 Å². The van der Waals surface area contributed by atoms with Crippen LogP contribution in [0.15, 0.2) is 36.4 Å². The number of nitrogens with one attached hydrogen (secondary N) is 3. The summed E-state index contributed by atoms with van der Waals surface area (Å²) in [6, 6.07) is 9.72. The van der Waals surface area contributed by atoms with Crippen LogP contribution in [0.5, 0.6) is 11.5 Å².